The Morgan fingerprint density at radius 2 is 0.714 bits per heavy atom. The van der Waals surface area contributed by atoms with Crippen molar-refractivity contribution in [2.45, 2.75) is 394 Å². The number of amides is 1. The third-order valence-corrected chi connectivity index (χ3v) is 19.2. The minimum absolute atomic E-state index is 0.237. The quantitative estimate of drug-likeness (QED) is 0.0199. The van der Waals surface area contributed by atoms with Crippen molar-refractivity contribution in [2.75, 3.05) is 26.4 Å². The van der Waals surface area contributed by atoms with Crippen LogP contribution < -0.4 is 5.32 Å². The Bertz CT molecular complexity index is 2050. The van der Waals surface area contributed by atoms with Gasteiger partial charge >= 0.3 is 0 Å². The summed E-state index contributed by atoms with van der Waals surface area (Å²) < 4.78 is 34.4. The van der Waals surface area contributed by atoms with Gasteiger partial charge in [-0.15, -0.1) is 0 Å². The molecule has 0 bridgehead atoms. The topological polar surface area (TPSA) is 307 Å². The van der Waals surface area contributed by atoms with Crippen LogP contribution in [0.3, 0.4) is 0 Å². The van der Waals surface area contributed by atoms with Crippen LogP contribution in [-0.2, 0) is 33.2 Å². The number of nitrogens with one attached hydrogen (secondary N) is 1. The molecule has 1 amide bonds. The molecular weight excluding hydrogens is 1250 g/mol. The minimum Gasteiger partial charge on any atom is -0.394 e. The molecule has 3 heterocycles. The molecule has 19 nitrogen and oxygen atoms in total. The molecule has 0 aliphatic carbocycles. The molecule has 3 saturated heterocycles. The molecule has 3 aliphatic heterocycles. The van der Waals surface area contributed by atoms with Crippen molar-refractivity contribution in [1.82, 2.24) is 5.32 Å². The van der Waals surface area contributed by atoms with Gasteiger partial charge in [0, 0.05) is 6.42 Å². The molecule has 98 heavy (non-hydrogen) atoms. The van der Waals surface area contributed by atoms with Gasteiger partial charge in [0.25, 0.3) is 0 Å². The predicted octanol–water partition coefficient (Wildman–Crippen LogP) is 12.4. The Balaban J connectivity index is 1.29. The molecule has 19 heteroatoms. The Kier molecular flexibility index (Phi) is 54.4. The number of aliphatic hydroxyl groups excluding tert-OH is 11. The van der Waals surface area contributed by atoms with E-state index in [1.807, 2.05) is 6.08 Å². The second-order valence-corrected chi connectivity index (χ2v) is 27.8. The molecule has 570 valence electrons. The average molecular weight is 1390 g/mol. The third-order valence-electron chi connectivity index (χ3n) is 19.2. The predicted molar refractivity (Wildman–Crippen MR) is 388 cm³/mol. The van der Waals surface area contributed by atoms with Crippen molar-refractivity contribution in [1.29, 1.82) is 0 Å². The van der Waals surface area contributed by atoms with Crippen LogP contribution in [0, 0.1) is 0 Å². The summed E-state index contributed by atoms with van der Waals surface area (Å²) >= 11 is 0. The van der Waals surface area contributed by atoms with E-state index in [9.17, 15) is 61.0 Å². The molecule has 3 rings (SSSR count). The summed E-state index contributed by atoms with van der Waals surface area (Å²) in [6.45, 7) is 1.61. The number of ether oxygens (including phenoxy) is 6. The van der Waals surface area contributed by atoms with Crippen molar-refractivity contribution in [3.05, 3.63) is 72.9 Å². The lowest BCUT2D eigenvalue weighted by Gasteiger charge is -2.48. The van der Waals surface area contributed by atoms with Crippen molar-refractivity contribution in [3.63, 3.8) is 0 Å². The molecule has 0 aromatic heterocycles. The minimum atomic E-state index is -1.98. The van der Waals surface area contributed by atoms with Gasteiger partial charge in [0.2, 0.25) is 5.91 Å². The Morgan fingerprint density at radius 1 is 0.378 bits per heavy atom. The monoisotopic (exact) mass is 1390 g/mol. The summed E-state index contributed by atoms with van der Waals surface area (Å²) in [5.74, 6) is -0.282. The van der Waals surface area contributed by atoms with Crippen molar-refractivity contribution in [2.24, 2.45) is 0 Å². The molecule has 17 atom stereocenters. The summed E-state index contributed by atoms with van der Waals surface area (Å²) in [6, 6.07) is -0.990. The summed E-state index contributed by atoms with van der Waals surface area (Å²) in [5.41, 5.74) is 0. The molecule has 3 aliphatic rings. The fraction of sp³-hybridized carbons (Fsp3) is 0.835. The van der Waals surface area contributed by atoms with E-state index in [1.165, 1.54) is 193 Å². The van der Waals surface area contributed by atoms with Crippen LogP contribution in [0.25, 0.3) is 0 Å². The van der Waals surface area contributed by atoms with Crippen LogP contribution in [0.4, 0.5) is 0 Å². The third kappa shape index (κ3) is 39.8. The zero-order valence-corrected chi connectivity index (χ0v) is 60.8. The van der Waals surface area contributed by atoms with Gasteiger partial charge in [0.15, 0.2) is 18.9 Å². The van der Waals surface area contributed by atoms with Crippen LogP contribution in [0.1, 0.15) is 290 Å². The molecule has 0 spiro atoms. The first kappa shape index (κ1) is 89.4. The van der Waals surface area contributed by atoms with E-state index in [0.717, 1.165) is 64.2 Å². The van der Waals surface area contributed by atoms with Crippen LogP contribution in [0.5, 0.6) is 0 Å². The smallest absolute Gasteiger partial charge is 0.220 e. The first-order valence-corrected chi connectivity index (χ1v) is 39.2. The summed E-state index contributed by atoms with van der Waals surface area (Å²) in [4.78, 5) is 13.4. The van der Waals surface area contributed by atoms with Crippen molar-refractivity contribution in [3.8, 4) is 0 Å². The lowest BCUT2D eigenvalue weighted by Crippen LogP contribution is -2.66. The molecule has 0 saturated carbocycles. The first-order chi connectivity index (χ1) is 47.8. The Morgan fingerprint density at radius 3 is 1.14 bits per heavy atom. The number of rotatable bonds is 61. The van der Waals surface area contributed by atoms with Gasteiger partial charge < -0.3 is 89.9 Å². The fourth-order valence-electron chi connectivity index (χ4n) is 13.0. The van der Waals surface area contributed by atoms with Gasteiger partial charge in [-0.2, -0.15) is 0 Å². The van der Waals surface area contributed by atoms with Gasteiger partial charge in [-0.1, -0.05) is 286 Å². The molecule has 0 radical (unpaired) electrons. The molecular formula is C79H141NO18. The van der Waals surface area contributed by atoms with Gasteiger partial charge in [0.05, 0.1) is 38.6 Å². The van der Waals surface area contributed by atoms with Gasteiger partial charge in [-0.25, -0.2) is 0 Å². The Labute approximate surface area is 591 Å². The number of carbonyl (C=O) groups excluding carboxylic acids is 1. The maximum atomic E-state index is 13.4. The summed E-state index contributed by atoms with van der Waals surface area (Å²) in [5, 5.41) is 121. The van der Waals surface area contributed by atoms with E-state index >= 15 is 0 Å². The van der Waals surface area contributed by atoms with Crippen molar-refractivity contribution >= 4 is 5.91 Å². The van der Waals surface area contributed by atoms with E-state index in [4.69, 9.17) is 28.4 Å². The number of allylic oxidation sites excluding steroid dienone is 11. The largest absolute Gasteiger partial charge is 0.394 e. The molecule has 12 N–H and O–H groups in total. The molecule has 17 unspecified atom stereocenters. The zero-order valence-electron chi connectivity index (χ0n) is 60.8. The summed E-state index contributed by atoms with van der Waals surface area (Å²) in [6.07, 6.45) is 50.7. The highest BCUT2D eigenvalue weighted by molar-refractivity contribution is 5.76. The fourth-order valence-corrected chi connectivity index (χ4v) is 13.0. The normalized spacial score (nSPS) is 27.1. The SMILES string of the molecule is CC/C=C\C/C=C\C/C=C\C/C=C\CCCCCCCCCCCCCCCCCCCCCCCCCCCCC(=O)NC(COC1OC(CO)C(OC2OC(CO)C(OC3OC(CO)C(O)C(O)C3O)C(O)C2O)C(O)C1O)C(O)/C=C/CC/C=C/CCCCCCCCCC. The highest BCUT2D eigenvalue weighted by Crippen LogP contribution is 2.33. The van der Waals surface area contributed by atoms with Crippen LogP contribution >= 0.6 is 0 Å². The van der Waals surface area contributed by atoms with E-state index in [2.05, 4.69) is 79.9 Å². The number of carbonyl (C=O) groups is 1. The number of hydrogen-bond acceptors (Lipinski definition) is 18. The summed E-state index contributed by atoms with van der Waals surface area (Å²) in [7, 11) is 0. The van der Waals surface area contributed by atoms with Gasteiger partial charge in [-0.3, -0.25) is 4.79 Å². The van der Waals surface area contributed by atoms with E-state index in [0.29, 0.717) is 12.8 Å². The average Bonchev–Trinajstić information content (AvgIpc) is 0.785. The number of hydrogen-bond donors (Lipinski definition) is 12. The first-order valence-electron chi connectivity index (χ1n) is 39.2. The molecule has 3 fully saturated rings. The van der Waals surface area contributed by atoms with Crippen LogP contribution in [0.2, 0.25) is 0 Å². The van der Waals surface area contributed by atoms with Crippen molar-refractivity contribution < 1.29 is 89.4 Å². The van der Waals surface area contributed by atoms with Crippen LogP contribution in [-0.4, -0.2) is 193 Å². The van der Waals surface area contributed by atoms with Crippen LogP contribution in [0.15, 0.2) is 72.9 Å². The highest BCUT2D eigenvalue weighted by Gasteiger charge is 2.53. The van der Waals surface area contributed by atoms with E-state index < -0.39 is 124 Å². The second kappa shape index (κ2) is 59.6. The highest BCUT2D eigenvalue weighted by atomic mass is 16.8. The zero-order chi connectivity index (χ0) is 71.1. The molecule has 0 aromatic carbocycles. The van der Waals surface area contributed by atoms with Gasteiger partial charge in [-0.05, 0) is 70.6 Å². The maximum absolute atomic E-state index is 13.4. The van der Waals surface area contributed by atoms with Gasteiger partial charge in [0.1, 0.15) is 73.2 Å². The Hall–Kier alpha value is -2.77. The second-order valence-electron chi connectivity index (χ2n) is 27.8. The van der Waals surface area contributed by atoms with E-state index in [-0.39, 0.29) is 18.9 Å². The lowest BCUT2D eigenvalue weighted by molar-refractivity contribution is -0.379. The lowest BCUT2D eigenvalue weighted by atomic mass is 9.96. The maximum Gasteiger partial charge on any atom is 0.220 e. The molecule has 0 aromatic rings. The van der Waals surface area contributed by atoms with E-state index in [1.54, 1.807) is 6.08 Å². The number of aliphatic hydroxyl groups is 11. The standard InChI is InChI=1S/C79H141NO18/c1-3-5-7-9-11-13-15-17-19-20-21-22-23-24-25-26-27-28-29-30-31-32-33-34-35-36-37-38-39-40-41-42-43-45-47-49-51-53-55-57-67(85)80-62(63(84)56-54-52-50-48-46-44-18-16-14-12-10-8-6-4-2)61-93-77-73(91)70(88)75(65(59-82)95-77)98-79-74(92)71(89)76(66(60-83)96-79)97-78-72(90)69(87)68(86)64(58-81)94-78/h5,7,11,13,17,19,21-22,46,48,54,56,62-66,68-79,81-84,86-92H,3-4,6,8-10,12,14-16,18,20,23-45,47,49-53,55,57-61H2,1-2H3,(H,80,85)/b7-5-,13-11-,19-17-,22-21-,48-46+,56-54+. The number of unbranched alkanes of at least 4 members (excludes halogenated alkanes) is 35.